The Hall–Kier alpha value is -2.99. The number of carbonyl (C=O) groups excluding carboxylic acids is 1. The Morgan fingerprint density at radius 2 is 1.73 bits per heavy atom. The predicted molar refractivity (Wildman–Crippen MR) is 111 cm³/mol. The molecule has 3 aromatic rings. The van der Waals surface area contributed by atoms with E-state index in [0.29, 0.717) is 37.4 Å². The van der Waals surface area contributed by atoms with E-state index in [1.54, 1.807) is 18.3 Å². The van der Waals surface area contributed by atoms with Crippen molar-refractivity contribution < 1.29 is 19.0 Å². The van der Waals surface area contributed by atoms with Crippen molar-refractivity contribution in [2.24, 2.45) is 11.8 Å². The fourth-order valence-electron chi connectivity index (χ4n) is 4.73. The maximum atomic E-state index is 13.1. The summed E-state index contributed by atoms with van der Waals surface area (Å²) >= 11 is 0. The Morgan fingerprint density at radius 1 is 1.03 bits per heavy atom. The van der Waals surface area contributed by atoms with E-state index in [1.165, 1.54) is 12.1 Å². The monoisotopic (exact) mass is 406 g/mol. The van der Waals surface area contributed by atoms with Crippen LogP contribution in [0.4, 0.5) is 4.39 Å². The number of nitrogens with zero attached hydrogens (tertiary/aromatic N) is 2. The molecule has 1 aromatic heterocycles. The zero-order valence-electron chi connectivity index (χ0n) is 16.4. The van der Waals surface area contributed by atoms with Gasteiger partial charge in [-0.1, -0.05) is 24.3 Å². The van der Waals surface area contributed by atoms with Crippen molar-refractivity contribution in [3.8, 4) is 5.75 Å². The summed E-state index contributed by atoms with van der Waals surface area (Å²) < 4.78 is 19.0. The molecule has 1 aliphatic heterocycles. The number of fused-ring (bicyclic) bond motifs is 2. The van der Waals surface area contributed by atoms with Gasteiger partial charge in [-0.25, -0.2) is 4.39 Å². The summed E-state index contributed by atoms with van der Waals surface area (Å²) in [6, 6.07) is 15.5. The number of pyridine rings is 1. The third-order valence-electron chi connectivity index (χ3n) is 6.32. The number of likely N-dealkylation sites (tertiary alicyclic amines) is 1. The second-order valence-electron chi connectivity index (χ2n) is 8.30. The molecule has 2 aliphatic rings. The van der Waals surface area contributed by atoms with Crippen LogP contribution < -0.4 is 4.74 Å². The van der Waals surface area contributed by atoms with Gasteiger partial charge in [-0.3, -0.25) is 9.78 Å². The summed E-state index contributed by atoms with van der Waals surface area (Å²) in [4.78, 5) is 19.3. The first-order valence-corrected chi connectivity index (χ1v) is 10.3. The third kappa shape index (κ3) is 3.63. The second-order valence-corrected chi connectivity index (χ2v) is 8.30. The van der Waals surface area contributed by atoms with Gasteiger partial charge in [0.05, 0.1) is 6.10 Å². The number of carbonyl (C=O) groups is 1. The number of halogens is 1. The summed E-state index contributed by atoms with van der Waals surface area (Å²) in [5, 5.41) is 12.6. The summed E-state index contributed by atoms with van der Waals surface area (Å²) in [6.07, 6.45) is 2.03. The first-order chi connectivity index (χ1) is 14.6. The molecule has 30 heavy (non-hydrogen) atoms. The molecule has 0 spiro atoms. The third-order valence-corrected chi connectivity index (χ3v) is 6.32. The van der Waals surface area contributed by atoms with Gasteiger partial charge in [-0.2, -0.15) is 0 Å². The van der Waals surface area contributed by atoms with E-state index in [0.717, 1.165) is 10.8 Å². The highest BCUT2D eigenvalue weighted by Gasteiger charge is 2.44. The second kappa shape index (κ2) is 7.69. The van der Waals surface area contributed by atoms with Gasteiger partial charge in [0, 0.05) is 24.7 Å². The lowest BCUT2D eigenvalue weighted by atomic mass is 9.78. The van der Waals surface area contributed by atoms with E-state index in [-0.39, 0.29) is 29.7 Å². The fraction of sp³-hybridized carbons (Fsp3) is 0.333. The van der Waals surface area contributed by atoms with Gasteiger partial charge in [0.15, 0.2) is 0 Å². The number of benzene rings is 2. The molecule has 5 nitrogen and oxygen atoms in total. The Balaban J connectivity index is 1.28. The minimum Gasteiger partial charge on any atom is -0.488 e. The van der Waals surface area contributed by atoms with Gasteiger partial charge in [0.25, 0.3) is 5.91 Å². The number of hydrogen-bond acceptors (Lipinski definition) is 4. The minimum absolute atomic E-state index is 0.0688. The topological polar surface area (TPSA) is 62.7 Å². The lowest BCUT2D eigenvalue weighted by Crippen LogP contribution is -2.42. The van der Waals surface area contributed by atoms with Crippen LogP contribution in [0.1, 0.15) is 23.3 Å². The summed E-state index contributed by atoms with van der Waals surface area (Å²) in [7, 11) is 0. The smallest absolute Gasteiger partial charge is 0.272 e. The highest BCUT2D eigenvalue weighted by Crippen LogP contribution is 2.38. The van der Waals surface area contributed by atoms with Crippen LogP contribution in [0.2, 0.25) is 0 Å². The minimum atomic E-state index is -0.606. The van der Waals surface area contributed by atoms with E-state index in [9.17, 15) is 14.3 Å². The van der Waals surface area contributed by atoms with Crippen molar-refractivity contribution in [3.63, 3.8) is 0 Å². The van der Waals surface area contributed by atoms with E-state index in [1.807, 2.05) is 35.2 Å². The van der Waals surface area contributed by atoms with Crippen LogP contribution in [0.15, 0.2) is 60.8 Å². The molecule has 0 bridgehead atoms. The molecular weight excluding hydrogens is 383 g/mol. The van der Waals surface area contributed by atoms with Crippen LogP contribution in [0.25, 0.3) is 10.8 Å². The summed E-state index contributed by atoms with van der Waals surface area (Å²) in [5.41, 5.74) is 0.451. The van der Waals surface area contributed by atoms with Crippen molar-refractivity contribution in [1.29, 1.82) is 0 Å². The first kappa shape index (κ1) is 19.0. The number of amides is 1. The van der Waals surface area contributed by atoms with Crippen LogP contribution in [0, 0.1) is 17.7 Å². The Kier molecular flexibility index (Phi) is 4.87. The molecular formula is C24H23FN2O3. The van der Waals surface area contributed by atoms with E-state index in [4.69, 9.17) is 4.74 Å². The highest BCUT2D eigenvalue weighted by atomic mass is 19.1. The van der Waals surface area contributed by atoms with Crippen molar-refractivity contribution in [2.75, 3.05) is 13.1 Å². The lowest BCUT2D eigenvalue weighted by Gasteiger charge is -2.35. The Morgan fingerprint density at radius 3 is 2.50 bits per heavy atom. The van der Waals surface area contributed by atoms with Crippen molar-refractivity contribution in [1.82, 2.24) is 9.88 Å². The number of ether oxygens (including phenoxy) is 1. The van der Waals surface area contributed by atoms with Gasteiger partial charge in [-0.15, -0.1) is 0 Å². The van der Waals surface area contributed by atoms with Crippen molar-refractivity contribution >= 4 is 16.7 Å². The largest absolute Gasteiger partial charge is 0.488 e. The number of aliphatic hydroxyl groups excluding tert-OH is 1. The van der Waals surface area contributed by atoms with Crippen LogP contribution in [-0.2, 0) is 0 Å². The molecule has 2 aromatic carbocycles. The van der Waals surface area contributed by atoms with E-state index in [2.05, 4.69) is 4.98 Å². The highest BCUT2D eigenvalue weighted by molar-refractivity contribution is 5.96. The Bertz CT molecular complexity index is 1070. The molecule has 154 valence electrons. The van der Waals surface area contributed by atoms with Gasteiger partial charge < -0.3 is 14.7 Å². The van der Waals surface area contributed by atoms with Gasteiger partial charge in [0.2, 0.25) is 0 Å². The fourth-order valence-corrected chi connectivity index (χ4v) is 4.73. The Labute approximate surface area is 174 Å². The predicted octanol–water partition coefficient (Wildman–Crippen LogP) is 3.66. The number of hydrogen-bond donors (Lipinski definition) is 1. The SMILES string of the molecule is O=C(c1cc2ccccc2cn1)N1C[C@H]2C[C@@H](Oc3ccc(F)cc3)[C@H](O)C[C@H]2C1. The van der Waals surface area contributed by atoms with Crippen LogP contribution >= 0.6 is 0 Å². The molecule has 1 saturated heterocycles. The molecule has 1 saturated carbocycles. The number of rotatable bonds is 3. The number of aromatic nitrogens is 1. The first-order valence-electron chi connectivity index (χ1n) is 10.3. The zero-order valence-corrected chi connectivity index (χ0v) is 16.4. The molecule has 6 heteroatoms. The van der Waals surface area contributed by atoms with Crippen LogP contribution in [0.3, 0.4) is 0 Å². The van der Waals surface area contributed by atoms with Gasteiger partial charge in [0.1, 0.15) is 23.4 Å². The molecule has 0 radical (unpaired) electrons. The van der Waals surface area contributed by atoms with Gasteiger partial charge in [-0.05, 0) is 60.4 Å². The molecule has 1 N–H and O–H groups in total. The zero-order chi connectivity index (χ0) is 20.7. The quantitative estimate of drug-likeness (QED) is 0.721. The maximum absolute atomic E-state index is 13.1. The molecule has 1 amide bonds. The van der Waals surface area contributed by atoms with E-state index >= 15 is 0 Å². The normalized spacial score (nSPS) is 25.9. The lowest BCUT2D eigenvalue weighted by molar-refractivity contribution is -0.0231. The van der Waals surface area contributed by atoms with Crippen molar-refractivity contribution in [3.05, 3.63) is 72.3 Å². The average molecular weight is 406 g/mol. The molecule has 5 rings (SSSR count). The molecule has 2 heterocycles. The molecule has 2 fully saturated rings. The molecule has 0 unspecified atom stereocenters. The molecule has 4 atom stereocenters. The van der Waals surface area contributed by atoms with Crippen molar-refractivity contribution in [2.45, 2.75) is 25.0 Å². The van der Waals surface area contributed by atoms with E-state index < -0.39 is 6.10 Å². The maximum Gasteiger partial charge on any atom is 0.272 e. The molecule has 1 aliphatic carbocycles. The average Bonchev–Trinajstić information content (AvgIpc) is 3.17. The standard InChI is InChI=1S/C24H23FN2O3/c25-19-5-7-20(8-6-19)30-23-11-18-14-27(13-17(18)10-22(23)28)24(29)21-9-15-3-1-2-4-16(15)12-26-21/h1-9,12,17-18,22-23,28H,10-11,13-14H2/t17-,18+,22+,23+/m0/s1. The summed E-state index contributed by atoms with van der Waals surface area (Å²) in [6.45, 7) is 1.26. The summed E-state index contributed by atoms with van der Waals surface area (Å²) in [5.74, 6) is 0.672. The van der Waals surface area contributed by atoms with Gasteiger partial charge >= 0.3 is 0 Å². The number of aliphatic hydroxyl groups is 1. The van der Waals surface area contributed by atoms with Crippen LogP contribution in [0.5, 0.6) is 5.75 Å². The van der Waals surface area contributed by atoms with Crippen LogP contribution in [-0.4, -0.2) is 46.2 Å².